The van der Waals surface area contributed by atoms with Gasteiger partial charge in [0.2, 0.25) is 0 Å². The predicted molar refractivity (Wildman–Crippen MR) is 157 cm³/mol. The first-order chi connectivity index (χ1) is 16.8. The van der Waals surface area contributed by atoms with Gasteiger partial charge >= 0.3 is 5.97 Å². The first kappa shape index (κ1) is 44.3. The van der Waals surface area contributed by atoms with Crippen LogP contribution in [0.2, 0.25) is 0 Å². The van der Waals surface area contributed by atoms with Gasteiger partial charge in [-0.25, -0.2) is 0 Å². The highest BCUT2D eigenvalue weighted by molar-refractivity contribution is 6.17. The van der Waals surface area contributed by atoms with Crippen molar-refractivity contribution >= 4 is 34.9 Å². The van der Waals surface area contributed by atoms with Crippen molar-refractivity contribution in [1.29, 1.82) is 0 Å². The number of alkyl halides is 1. The van der Waals surface area contributed by atoms with Crippen molar-refractivity contribution < 1.29 is 24.3 Å². The zero-order valence-electron chi connectivity index (χ0n) is 25.1. The first-order valence-electron chi connectivity index (χ1n) is 13.4. The predicted octanol–water partition coefficient (Wildman–Crippen LogP) is 9.31. The minimum atomic E-state index is -0.719. The molecule has 0 spiro atoms. The van der Waals surface area contributed by atoms with Crippen molar-refractivity contribution in [1.82, 2.24) is 0 Å². The van der Waals surface area contributed by atoms with Crippen molar-refractivity contribution in [2.45, 2.75) is 140 Å². The molecule has 0 saturated heterocycles. The topological polar surface area (TPSA) is 88.5 Å². The Morgan fingerprint density at radius 2 is 0.833 bits per heavy atom. The number of aliphatic carboxylic acids is 1. The second-order valence-corrected chi connectivity index (χ2v) is 8.98. The number of carbonyl (C=O) groups is 4. The van der Waals surface area contributed by atoms with Crippen LogP contribution in [0.4, 0.5) is 0 Å². The summed E-state index contributed by atoms with van der Waals surface area (Å²) >= 11 is 5.19. The number of allylic oxidation sites excluding steroid dienone is 4. The minimum Gasteiger partial charge on any atom is -0.481 e. The number of Topliss-reactive ketones (excluding diaryl/α,β-unsaturated/α-hetero) is 3. The van der Waals surface area contributed by atoms with Crippen LogP contribution in [0.25, 0.3) is 0 Å². The Balaban J connectivity index is -0.000000117. The molecule has 0 radical (unpaired) electrons. The first-order valence-corrected chi connectivity index (χ1v) is 13.9. The summed E-state index contributed by atoms with van der Waals surface area (Å²) in [7, 11) is 0. The number of ketones is 3. The van der Waals surface area contributed by atoms with Crippen LogP contribution in [0.5, 0.6) is 0 Å². The maximum Gasteiger partial charge on any atom is 0.303 e. The van der Waals surface area contributed by atoms with E-state index in [0.29, 0.717) is 25.7 Å². The number of unbranched alkanes of at least 4 members (excludes halogenated alkanes) is 1. The molecule has 1 N–H and O–H groups in total. The molecule has 0 amide bonds. The van der Waals surface area contributed by atoms with E-state index in [1.807, 2.05) is 20.8 Å². The van der Waals surface area contributed by atoms with Gasteiger partial charge < -0.3 is 19.5 Å². The highest BCUT2D eigenvalue weighted by atomic mass is 35.5. The monoisotopic (exact) mass is 532 g/mol. The number of carboxylic acid groups (broad SMARTS) is 1. The van der Waals surface area contributed by atoms with Crippen LogP contribution in [0.3, 0.4) is 0 Å². The molecule has 0 heterocycles. The summed E-state index contributed by atoms with van der Waals surface area (Å²) in [6.07, 6.45) is 13.4. The molecule has 6 heteroatoms. The smallest absolute Gasteiger partial charge is 0.303 e. The van der Waals surface area contributed by atoms with E-state index in [1.165, 1.54) is 37.8 Å². The molecule has 5 nitrogen and oxygen atoms in total. The molecule has 0 bridgehead atoms. The zero-order valence-corrected chi connectivity index (χ0v) is 25.9. The lowest BCUT2D eigenvalue weighted by Crippen LogP contribution is -1.95. The lowest BCUT2D eigenvalue weighted by molar-refractivity contribution is -0.137. The van der Waals surface area contributed by atoms with Gasteiger partial charge in [0.25, 0.3) is 0 Å². The van der Waals surface area contributed by atoms with Crippen LogP contribution >= 0.6 is 11.6 Å². The Morgan fingerprint density at radius 1 is 0.556 bits per heavy atom. The second kappa shape index (κ2) is 37.8. The van der Waals surface area contributed by atoms with Crippen molar-refractivity contribution in [2.24, 2.45) is 0 Å². The Kier molecular flexibility index (Phi) is 46.5. The third-order valence-electron chi connectivity index (χ3n) is 4.23. The molecule has 0 saturated carbocycles. The maximum atomic E-state index is 10.5. The number of carbonyl (C=O) groups excluding carboxylic acids is 3. The standard InChI is InChI=1S/C9H16O.C8H14O2.C6H10O2.C4H10.C3H7Cl/c1-4-5-8(2)6-7-9(3)10;1-3-4-7(2)5-6-8(9)10;1-5(7)3-4-6(2)8;1-3-4-2;1-2-3-4/h5H,4,6-7H2,1-3H3;4H,3,5-6H2,1-2H3,(H,9,10);3-4H2,1-2H3;3-4H2,1-2H3;2-3H2,1H3/b8-5+;7-4+;;;. The van der Waals surface area contributed by atoms with Gasteiger partial charge in [0.1, 0.15) is 17.3 Å². The van der Waals surface area contributed by atoms with Crippen LogP contribution in [0.15, 0.2) is 23.3 Å². The zero-order chi connectivity index (χ0) is 29.4. The fraction of sp³-hybridized carbons (Fsp3) is 0.733. The molecule has 0 fully saturated rings. The maximum absolute atomic E-state index is 10.5. The van der Waals surface area contributed by atoms with Crippen LogP contribution < -0.4 is 0 Å². The molecule has 0 aromatic rings. The number of rotatable bonds is 13. The molecular formula is C30H57ClO5. The summed E-state index contributed by atoms with van der Waals surface area (Å²) in [5, 5.41) is 8.30. The van der Waals surface area contributed by atoms with Gasteiger partial charge in [-0.2, -0.15) is 0 Å². The van der Waals surface area contributed by atoms with Crippen LogP contribution in [0, 0.1) is 0 Å². The Hall–Kier alpha value is -1.75. The molecule has 0 atom stereocenters. The van der Waals surface area contributed by atoms with E-state index in [4.69, 9.17) is 16.7 Å². The summed E-state index contributed by atoms with van der Waals surface area (Å²) in [6.45, 7) is 19.2. The van der Waals surface area contributed by atoms with E-state index in [9.17, 15) is 19.2 Å². The number of carboxylic acids is 1. The molecular weight excluding hydrogens is 476 g/mol. The highest BCUT2D eigenvalue weighted by Gasteiger charge is 1.96. The second-order valence-electron chi connectivity index (χ2n) is 8.61. The number of hydrogen-bond donors (Lipinski definition) is 1. The van der Waals surface area contributed by atoms with E-state index < -0.39 is 5.97 Å². The van der Waals surface area contributed by atoms with Gasteiger partial charge in [0, 0.05) is 31.6 Å². The minimum absolute atomic E-state index is 0.0835. The van der Waals surface area contributed by atoms with Crippen LogP contribution in [0.1, 0.15) is 140 Å². The van der Waals surface area contributed by atoms with Crippen molar-refractivity contribution in [2.75, 3.05) is 5.88 Å². The normalized spacial score (nSPS) is 10.1. The molecule has 0 aliphatic heterocycles. The van der Waals surface area contributed by atoms with Gasteiger partial charge in [0.05, 0.1) is 0 Å². The molecule has 0 aliphatic rings. The van der Waals surface area contributed by atoms with Crippen molar-refractivity contribution in [3.8, 4) is 0 Å². The summed E-state index contributed by atoms with van der Waals surface area (Å²) < 4.78 is 0. The molecule has 0 aromatic heterocycles. The third kappa shape index (κ3) is 69.7. The van der Waals surface area contributed by atoms with Gasteiger partial charge in [-0.1, -0.05) is 70.8 Å². The van der Waals surface area contributed by atoms with Gasteiger partial charge in [-0.3, -0.25) is 4.79 Å². The molecule has 214 valence electrons. The van der Waals surface area contributed by atoms with Gasteiger partial charge in [-0.05, 0) is 66.7 Å². The molecule has 0 aromatic carbocycles. The van der Waals surface area contributed by atoms with E-state index in [-0.39, 0.29) is 23.8 Å². The van der Waals surface area contributed by atoms with E-state index in [1.54, 1.807) is 6.92 Å². The lowest BCUT2D eigenvalue weighted by Gasteiger charge is -1.96. The number of halogens is 1. The van der Waals surface area contributed by atoms with Gasteiger partial charge in [-0.15, -0.1) is 11.6 Å². The third-order valence-corrected chi connectivity index (χ3v) is 4.61. The summed E-state index contributed by atoms with van der Waals surface area (Å²) in [5.41, 5.74) is 2.50. The Morgan fingerprint density at radius 3 is 1.03 bits per heavy atom. The Bertz CT molecular complexity index is 536. The van der Waals surface area contributed by atoms with Crippen LogP contribution in [-0.2, 0) is 19.2 Å². The quantitative estimate of drug-likeness (QED) is 0.188. The van der Waals surface area contributed by atoms with Crippen LogP contribution in [-0.4, -0.2) is 34.3 Å². The fourth-order valence-electron chi connectivity index (χ4n) is 1.93. The SMILES string of the molecule is CC(=O)CCC(C)=O.CC/C=C(\C)CCC(=O)O.CC/C=C(\C)CCC(C)=O.CCCC.CCCCl. The number of hydrogen-bond acceptors (Lipinski definition) is 4. The van der Waals surface area contributed by atoms with E-state index >= 15 is 0 Å². The van der Waals surface area contributed by atoms with E-state index in [2.05, 4.69) is 39.8 Å². The summed E-state index contributed by atoms with van der Waals surface area (Å²) in [6, 6.07) is 0. The lowest BCUT2D eigenvalue weighted by atomic mass is 10.1. The van der Waals surface area contributed by atoms with Crippen molar-refractivity contribution in [3.05, 3.63) is 23.3 Å². The summed E-state index contributed by atoms with van der Waals surface area (Å²) in [5.74, 6) is 0.521. The average molecular weight is 533 g/mol. The van der Waals surface area contributed by atoms with Crippen molar-refractivity contribution in [3.63, 3.8) is 0 Å². The summed E-state index contributed by atoms with van der Waals surface area (Å²) in [4.78, 5) is 41.0. The molecule has 0 rings (SSSR count). The molecule has 0 unspecified atom stereocenters. The largest absolute Gasteiger partial charge is 0.481 e. The fourth-order valence-corrected chi connectivity index (χ4v) is 1.93. The van der Waals surface area contributed by atoms with Gasteiger partial charge in [0.15, 0.2) is 0 Å². The Labute approximate surface area is 228 Å². The molecule has 0 aliphatic carbocycles. The average Bonchev–Trinajstić information content (AvgIpc) is 2.81. The highest BCUT2D eigenvalue weighted by Crippen LogP contribution is 2.05. The van der Waals surface area contributed by atoms with E-state index in [0.717, 1.165) is 31.6 Å². The molecule has 36 heavy (non-hydrogen) atoms.